The molecule has 3 aliphatic heterocycles. The first-order valence-electron chi connectivity index (χ1n) is 12.7. The second-order valence-corrected chi connectivity index (χ2v) is 9.97. The molecule has 4 amide bonds. The van der Waals surface area contributed by atoms with Gasteiger partial charge in [0.15, 0.2) is 11.5 Å². The smallest absolute Gasteiger partial charge is 0.324 e. The van der Waals surface area contributed by atoms with Crippen molar-refractivity contribution in [1.29, 1.82) is 0 Å². The Morgan fingerprint density at radius 2 is 1.84 bits per heavy atom. The van der Waals surface area contributed by atoms with Crippen LogP contribution in [0.4, 0.5) is 4.79 Å². The lowest BCUT2D eigenvalue weighted by Gasteiger charge is -2.42. The van der Waals surface area contributed by atoms with E-state index in [0.29, 0.717) is 37.6 Å². The summed E-state index contributed by atoms with van der Waals surface area (Å²) in [5.74, 6) is 1.27. The van der Waals surface area contributed by atoms with E-state index in [1.54, 1.807) is 32.4 Å². The summed E-state index contributed by atoms with van der Waals surface area (Å²) in [5.41, 5.74) is 1.92. The fraction of sp³-hybridized carbons (Fsp3) is 0.481. The van der Waals surface area contributed by atoms with Gasteiger partial charge in [0.2, 0.25) is 5.91 Å². The number of imide groups is 1. The average Bonchev–Trinajstić information content (AvgIpc) is 3.18. The average molecular weight is 509 g/mol. The summed E-state index contributed by atoms with van der Waals surface area (Å²) in [6.45, 7) is 2.04. The molecule has 10 heteroatoms. The zero-order valence-electron chi connectivity index (χ0n) is 21.1. The van der Waals surface area contributed by atoms with Gasteiger partial charge >= 0.3 is 6.03 Å². The molecular formula is C27H32N4O6. The molecule has 3 aliphatic rings. The third kappa shape index (κ3) is 4.92. The number of rotatable bonds is 8. The molecule has 5 rings (SSSR count). The molecule has 4 heterocycles. The molecule has 1 aromatic heterocycles. The fourth-order valence-electron chi connectivity index (χ4n) is 5.79. The van der Waals surface area contributed by atoms with E-state index < -0.39 is 12.1 Å². The standard InChI is InChI=1S/C27H32N4O6/c1-36-22-8-6-17(13-23(22)37-2)10-11-30-26(34)20(28-27(30)35)7-9-24(32)29-14-18-12-19(16-29)21-4-3-5-25(33)31(21)15-18/h3-6,8,13,18-20H,7,9-12,14-16H2,1-2H3,(H,28,35)/t18?,19?,20-/m0/s1. The quantitative estimate of drug-likeness (QED) is 0.544. The van der Waals surface area contributed by atoms with Gasteiger partial charge in [-0.1, -0.05) is 12.1 Å². The summed E-state index contributed by atoms with van der Waals surface area (Å²) < 4.78 is 12.4. The van der Waals surface area contributed by atoms with Crippen molar-refractivity contribution in [2.75, 3.05) is 33.9 Å². The summed E-state index contributed by atoms with van der Waals surface area (Å²) in [5, 5.41) is 2.73. The van der Waals surface area contributed by atoms with Gasteiger partial charge in [0, 0.05) is 50.3 Å². The van der Waals surface area contributed by atoms with Crippen LogP contribution in [-0.4, -0.2) is 72.1 Å². The number of methoxy groups -OCH3 is 2. The van der Waals surface area contributed by atoms with E-state index in [-0.39, 0.29) is 48.6 Å². The molecule has 0 spiro atoms. The van der Waals surface area contributed by atoms with Crippen LogP contribution in [0.1, 0.15) is 36.4 Å². The molecule has 196 valence electrons. The van der Waals surface area contributed by atoms with Crippen molar-refractivity contribution in [2.24, 2.45) is 5.92 Å². The van der Waals surface area contributed by atoms with Gasteiger partial charge in [-0.2, -0.15) is 0 Å². The van der Waals surface area contributed by atoms with E-state index in [9.17, 15) is 19.2 Å². The summed E-state index contributed by atoms with van der Waals surface area (Å²) in [6.07, 6.45) is 1.89. The highest BCUT2D eigenvalue weighted by atomic mass is 16.5. The Labute approximate surface area is 215 Å². The summed E-state index contributed by atoms with van der Waals surface area (Å²) in [7, 11) is 3.12. The van der Waals surface area contributed by atoms with Crippen molar-refractivity contribution in [1.82, 2.24) is 19.7 Å². The van der Waals surface area contributed by atoms with Crippen molar-refractivity contribution < 1.29 is 23.9 Å². The van der Waals surface area contributed by atoms with Gasteiger partial charge in [0.25, 0.3) is 11.5 Å². The van der Waals surface area contributed by atoms with Crippen molar-refractivity contribution in [3.63, 3.8) is 0 Å². The summed E-state index contributed by atoms with van der Waals surface area (Å²) >= 11 is 0. The highest BCUT2D eigenvalue weighted by molar-refractivity contribution is 6.04. The number of piperidine rings is 1. The normalized spacial score (nSPS) is 22.5. The lowest BCUT2D eigenvalue weighted by Crippen LogP contribution is -2.49. The van der Waals surface area contributed by atoms with Crippen LogP contribution < -0.4 is 20.3 Å². The van der Waals surface area contributed by atoms with Crippen molar-refractivity contribution >= 4 is 17.8 Å². The number of nitrogens with one attached hydrogen (secondary N) is 1. The Morgan fingerprint density at radius 1 is 1.03 bits per heavy atom. The van der Waals surface area contributed by atoms with Gasteiger partial charge in [-0.05, 0) is 48.9 Å². The maximum atomic E-state index is 13.1. The zero-order valence-corrected chi connectivity index (χ0v) is 21.1. The molecule has 2 unspecified atom stereocenters. The second kappa shape index (κ2) is 10.3. The van der Waals surface area contributed by atoms with Crippen LogP contribution >= 0.6 is 0 Å². The first-order chi connectivity index (χ1) is 17.9. The predicted octanol–water partition coefficient (Wildman–Crippen LogP) is 1.75. The number of urea groups is 1. The van der Waals surface area contributed by atoms with Crippen molar-refractivity contribution in [2.45, 2.75) is 44.2 Å². The monoisotopic (exact) mass is 508 g/mol. The highest BCUT2D eigenvalue weighted by Crippen LogP contribution is 2.35. The molecule has 2 aromatic rings. The number of aromatic nitrogens is 1. The maximum absolute atomic E-state index is 13.1. The number of pyridine rings is 1. The van der Waals surface area contributed by atoms with Gasteiger partial charge < -0.3 is 24.3 Å². The highest BCUT2D eigenvalue weighted by Gasteiger charge is 2.39. The number of carbonyl (C=O) groups excluding carboxylic acids is 3. The minimum absolute atomic E-state index is 0.0122. The van der Waals surface area contributed by atoms with Crippen LogP contribution in [0, 0.1) is 5.92 Å². The number of nitrogens with zero attached hydrogens (tertiary/aromatic N) is 3. The molecule has 2 saturated heterocycles. The van der Waals surface area contributed by atoms with Gasteiger partial charge in [-0.3, -0.25) is 19.3 Å². The van der Waals surface area contributed by atoms with Gasteiger partial charge in [-0.15, -0.1) is 0 Å². The van der Waals surface area contributed by atoms with Gasteiger partial charge in [0.05, 0.1) is 14.2 Å². The molecule has 0 aliphatic carbocycles. The third-order valence-corrected chi connectivity index (χ3v) is 7.66. The van der Waals surface area contributed by atoms with Crippen LogP contribution in [-0.2, 0) is 22.6 Å². The molecule has 1 N–H and O–H groups in total. The van der Waals surface area contributed by atoms with Crippen LogP contribution in [0.2, 0.25) is 0 Å². The van der Waals surface area contributed by atoms with Crippen molar-refractivity contribution in [3.05, 3.63) is 58.0 Å². The van der Waals surface area contributed by atoms with Crippen LogP contribution in [0.5, 0.6) is 11.5 Å². The maximum Gasteiger partial charge on any atom is 0.324 e. The van der Waals surface area contributed by atoms with E-state index in [1.165, 1.54) is 4.90 Å². The predicted molar refractivity (Wildman–Crippen MR) is 135 cm³/mol. The molecular weight excluding hydrogens is 476 g/mol. The Hall–Kier alpha value is -3.82. The van der Waals surface area contributed by atoms with Crippen molar-refractivity contribution in [3.8, 4) is 11.5 Å². The van der Waals surface area contributed by atoms with Gasteiger partial charge in [-0.25, -0.2) is 4.79 Å². The Morgan fingerprint density at radius 3 is 2.62 bits per heavy atom. The Kier molecular flexibility index (Phi) is 6.90. The zero-order chi connectivity index (χ0) is 26.1. The number of amides is 4. The first kappa shape index (κ1) is 24.9. The van der Waals surface area contributed by atoms with E-state index >= 15 is 0 Å². The topological polar surface area (TPSA) is 110 Å². The van der Waals surface area contributed by atoms with E-state index in [1.807, 2.05) is 27.7 Å². The van der Waals surface area contributed by atoms with Crippen LogP contribution in [0.25, 0.3) is 0 Å². The number of hydrogen-bond donors (Lipinski definition) is 1. The van der Waals surface area contributed by atoms with E-state index in [2.05, 4.69) is 5.32 Å². The lowest BCUT2D eigenvalue weighted by molar-refractivity contribution is -0.134. The fourth-order valence-corrected chi connectivity index (χ4v) is 5.79. The second-order valence-electron chi connectivity index (χ2n) is 9.97. The molecule has 3 atom stereocenters. The molecule has 10 nitrogen and oxygen atoms in total. The van der Waals surface area contributed by atoms with Gasteiger partial charge in [0.1, 0.15) is 6.04 Å². The number of hydrogen-bond acceptors (Lipinski definition) is 6. The molecule has 1 aromatic carbocycles. The number of carbonyl (C=O) groups is 3. The van der Waals surface area contributed by atoms with E-state index in [0.717, 1.165) is 17.7 Å². The number of benzene rings is 1. The van der Waals surface area contributed by atoms with Crippen LogP contribution in [0.15, 0.2) is 41.2 Å². The molecule has 2 fully saturated rings. The molecule has 0 saturated carbocycles. The SMILES string of the molecule is COc1ccc(CCN2C(=O)N[C@@H](CCC(=O)N3CC4CC(C3)c3cccc(=O)n3C4)C2=O)cc1OC. The Bertz CT molecular complexity index is 1270. The van der Waals surface area contributed by atoms with Crippen LogP contribution in [0.3, 0.4) is 0 Å². The molecule has 2 bridgehead atoms. The summed E-state index contributed by atoms with van der Waals surface area (Å²) in [4.78, 5) is 53.8. The van der Waals surface area contributed by atoms with E-state index in [4.69, 9.17) is 9.47 Å². The lowest BCUT2D eigenvalue weighted by atomic mass is 9.83. The number of fused-ring (bicyclic) bond motifs is 4. The minimum atomic E-state index is -0.703. The largest absolute Gasteiger partial charge is 0.493 e. The first-order valence-corrected chi connectivity index (χ1v) is 12.7. The minimum Gasteiger partial charge on any atom is -0.493 e. The number of ether oxygens (including phenoxy) is 2. The molecule has 0 radical (unpaired) electrons. The Balaban J connectivity index is 1.15. The summed E-state index contributed by atoms with van der Waals surface area (Å²) in [6, 6.07) is 9.69. The third-order valence-electron chi connectivity index (χ3n) is 7.66. The number of likely N-dealkylation sites (tertiary alicyclic amines) is 1. The molecule has 37 heavy (non-hydrogen) atoms.